The summed E-state index contributed by atoms with van der Waals surface area (Å²) in [7, 11) is 0. The van der Waals surface area contributed by atoms with Gasteiger partial charge < -0.3 is 0 Å². The van der Waals surface area contributed by atoms with Crippen LogP contribution in [0, 0.1) is 17.1 Å². The van der Waals surface area contributed by atoms with E-state index in [1.54, 1.807) is 12.1 Å². The van der Waals surface area contributed by atoms with Crippen LogP contribution in [0.25, 0.3) is 0 Å². The van der Waals surface area contributed by atoms with E-state index in [0.29, 0.717) is 12.8 Å². The first-order valence-electron chi connectivity index (χ1n) is 6.04. The number of nitrogens with zero attached hydrogens (tertiary/aromatic N) is 1. The summed E-state index contributed by atoms with van der Waals surface area (Å²) in [5.74, 6) is -0.260. The van der Waals surface area contributed by atoms with Crippen LogP contribution in [0.15, 0.2) is 54.6 Å². The smallest absolute Gasteiger partial charge is 0.156 e. The summed E-state index contributed by atoms with van der Waals surface area (Å²) in [5, 5.41) is 9.32. The van der Waals surface area contributed by atoms with Gasteiger partial charge in [0.05, 0.1) is 6.07 Å². The van der Waals surface area contributed by atoms with Gasteiger partial charge in [-0.25, -0.2) is 4.39 Å². The van der Waals surface area contributed by atoms with Gasteiger partial charge in [0.2, 0.25) is 0 Å². The van der Waals surface area contributed by atoms with Gasteiger partial charge in [-0.2, -0.15) is 5.26 Å². The van der Waals surface area contributed by atoms with Crippen LogP contribution in [-0.4, -0.2) is 0 Å². The zero-order valence-electron chi connectivity index (χ0n) is 10.3. The van der Waals surface area contributed by atoms with Crippen LogP contribution in [0.3, 0.4) is 0 Å². The second-order valence-corrected chi connectivity index (χ2v) is 5.05. The van der Waals surface area contributed by atoms with E-state index in [2.05, 4.69) is 6.07 Å². The summed E-state index contributed by atoms with van der Waals surface area (Å²) >= 11 is 6.40. The lowest BCUT2D eigenvalue weighted by Gasteiger charge is -2.19. The highest BCUT2D eigenvalue weighted by atomic mass is 35.5. The summed E-state index contributed by atoms with van der Waals surface area (Å²) in [6.45, 7) is 0. The number of nitriles is 1. The van der Waals surface area contributed by atoms with Crippen molar-refractivity contribution < 1.29 is 4.39 Å². The Labute approximate surface area is 117 Å². The van der Waals surface area contributed by atoms with Crippen molar-refractivity contribution in [1.29, 1.82) is 5.26 Å². The normalized spacial score (nSPS) is 13.5. The van der Waals surface area contributed by atoms with Gasteiger partial charge in [0.15, 0.2) is 4.87 Å². The average molecular weight is 274 g/mol. The van der Waals surface area contributed by atoms with Crippen molar-refractivity contribution in [2.24, 2.45) is 0 Å². The maximum absolute atomic E-state index is 12.8. The molecule has 0 heterocycles. The molecule has 3 heteroatoms. The molecule has 2 aromatic carbocycles. The Morgan fingerprint density at radius 3 is 2.26 bits per heavy atom. The van der Waals surface area contributed by atoms with E-state index < -0.39 is 4.87 Å². The van der Waals surface area contributed by atoms with E-state index >= 15 is 0 Å². The molecule has 1 atom stereocenters. The SMILES string of the molecule is N#CC(Cl)(CCc1ccc(F)cc1)c1ccccc1. The highest BCUT2D eigenvalue weighted by Gasteiger charge is 2.28. The van der Waals surface area contributed by atoms with Gasteiger partial charge in [0, 0.05) is 0 Å². The lowest BCUT2D eigenvalue weighted by molar-refractivity contribution is 0.625. The van der Waals surface area contributed by atoms with Crippen LogP contribution in [0.5, 0.6) is 0 Å². The Morgan fingerprint density at radius 1 is 1.05 bits per heavy atom. The van der Waals surface area contributed by atoms with Crippen LogP contribution in [-0.2, 0) is 11.3 Å². The quantitative estimate of drug-likeness (QED) is 0.757. The second-order valence-electron chi connectivity index (χ2n) is 4.41. The van der Waals surface area contributed by atoms with E-state index in [1.807, 2.05) is 30.3 Å². The molecule has 0 saturated heterocycles. The van der Waals surface area contributed by atoms with Gasteiger partial charge in [0.1, 0.15) is 5.82 Å². The summed E-state index contributed by atoms with van der Waals surface area (Å²) in [4.78, 5) is -1.03. The fourth-order valence-corrected chi connectivity index (χ4v) is 2.16. The molecule has 0 aromatic heterocycles. The maximum atomic E-state index is 12.8. The molecule has 19 heavy (non-hydrogen) atoms. The maximum Gasteiger partial charge on any atom is 0.156 e. The lowest BCUT2D eigenvalue weighted by atomic mass is 9.93. The van der Waals surface area contributed by atoms with Gasteiger partial charge in [-0.1, -0.05) is 54.1 Å². The number of aryl methyl sites for hydroxylation is 1. The van der Waals surface area contributed by atoms with Crippen LogP contribution in [0.2, 0.25) is 0 Å². The summed E-state index contributed by atoms with van der Waals surface area (Å²) in [5.41, 5.74) is 1.76. The number of benzene rings is 2. The third kappa shape index (κ3) is 3.33. The molecule has 0 amide bonds. The fraction of sp³-hybridized carbons (Fsp3) is 0.188. The Balaban J connectivity index is 2.12. The number of halogens is 2. The average Bonchev–Trinajstić information content (AvgIpc) is 2.47. The van der Waals surface area contributed by atoms with Crippen molar-refractivity contribution in [1.82, 2.24) is 0 Å². The largest absolute Gasteiger partial charge is 0.207 e. The molecule has 0 saturated carbocycles. The van der Waals surface area contributed by atoms with E-state index in [9.17, 15) is 9.65 Å². The molecule has 0 radical (unpaired) electrons. The third-order valence-electron chi connectivity index (χ3n) is 3.08. The first-order chi connectivity index (χ1) is 9.14. The van der Waals surface area contributed by atoms with E-state index in [1.165, 1.54) is 12.1 Å². The number of hydrogen-bond donors (Lipinski definition) is 0. The molecule has 2 aromatic rings. The lowest BCUT2D eigenvalue weighted by Crippen LogP contribution is -2.17. The van der Waals surface area contributed by atoms with Gasteiger partial charge in [-0.15, -0.1) is 0 Å². The molecule has 0 aliphatic rings. The third-order valence-corrected chi connectivity index (χ3v) is 3.57. The molecule has 96 valence electrons. The number of hydrogen-bond acceptors (Lipinski definition) is 1. The minimum atomic E-state index is -1.03. The van der Waals surface area contributed by atoms with Crippen molar-refractivity contribution >= 4 is 11.6 Å². The molecule has 0 aliphatic carbocycles. The van der Waals surface area contributed by atoms with Crippen molar-refractivity contribution in [2.75, 3.05) is 0 Å². The molecule has 0 bridgehead atoms. The van der Waals surface area contributed by atoms with E-state index in [0.717, 1.165) is 11.1 Å². The van der Waals surface area contributed by atoms with Crippen molar-refractivity contribution in [3.05, 3.63) is 71.5 Å². The van der Waals surface area contributed by atoms with Crippen molar-refractivity contribution in [2.45, 2.75) is 17.7 Å². The zero-order valence-corrected chi connectivity index (χ0v) is 11.1. The first-order valence-corrected chi connectivity index (χ1v) is 6.42. The van der Waals surface area contributed by atoms with Crippen LogP contribution >= 0.6 is 11.6 Å². The van der Waals surface area contributed by atoms with Crippen molar-refractivity contribution in [3.8, 4) is 6.07 Å². The van der Waals surface area contributed by atoms with Crippen molar-refractivity contribution in [3.63, 3.8) is 0 Å². The standard InChI is InChI=1S/C16H13ClFN/c17-16(12-19,14-4-2-1-3-5-14)11-10-13-6-8-15(18)9-7-13/h1-9H,10-11H2. The highest BCUT2D eigenvalue weighted by Crippen LogP contribution is 2.33. The van der Waals surface area contributed by atoms with Crippen LogP contribution < -0.4 is 0 Å². The van der Waals surface area contributed by atoms with E-state index in [-0.39, 0.29) is 5.82 Å². The topological polar surface area (TPSA) is 23.8 Å². The first kappa shape index (κ1) is 13.6. The molecule has 0 spiro atoms. The molecule has 0 aliphatic heterocycles. The Hall–Kier alpha value is -1.85. The van der Waals surface area contributed by atoms with Gasteiger partial charge in [-0.3, -0.25) is 0 Å². The fourth-order valence-electron chi connectivity index (χ4n) is 1.93. The molecule has 2 rings (SSSR count). The highest BCUT2D eigenvalue weighted by molar-refractivity contribution is 6.25. The molecule has 0 fully saturated rings. The predicted octanol–water partition coefficient (Wildman–Crippen LogP) is 4.42. The second kappa shape index (κ2) is 5.86. The summed E-state index contributed by atoms with van der Waals surface area (Å²) in [6, 6.07) is 17.7. The van der Waals surface area contributed by atoms with E-state index in [4.69, 9.17) is 11.6 Å². The predicted molar refractivity (Wildman–Crippen MR) is 74.3 cm³/mol. The molecular weight excluding hydrogens is 261 g/mol. The molecular formula is C16H13ClFN. The van der Waals surface area contributed by atoms with Crippen LogP contribution in [0.4, 0.5) is 4.39 Å². The number of rotatable bonds is 4. The molecule has 0 N–H and O–H groups in total. The molecule has 1 unspecified atom stereocenters. The van der Waals surface area contributed by atoms with Gasteiger partial charge in [0.25, 0.3) is 0 Å². The Morgan fingerprint density at radius 2 is 1.68 bits per heavy atom. The number of alkyl halides is 1. The monoisotopic (exact) mass is 273 g/mol. The van der Waals surface area contributed by atoms with Gasteiger partial charge in [-0.05, 0) is 36.1 Å². The molecule has 1 nitrogen and oxygen atoms in total. The summed E-state index contributed by atoms with van der Waals surface area (Å²) in [6.07, 6.45) is 1.12. The minimum Gasteiger partial charge on any atom is -0.207 e. The Bertz CT molecular complexity index is 574. The zero-order chi connectivity index (χ0) is 13.7. The van der Waals surface area contributed by atoms with Gasteiger partial charge >= 0.3 is 0 Å². The summed E-state index contributed by atoms with van der Waals surface area (Å²) < 4.78 is 12.8. The minimum absolute atomic E-state index is 0.260. The van der Waals surface area contributed by atoms with Crippen LogP contribution in [0.1, 0.15) is 17.5 Å². The Kier molecular flexibility index (Phi) is 4.19.